The Hall–Kier alpha value is -2.03. The number of anilines is 1. The molecule has 0 aliphatic rings. The number of rotatable bonds is 1. The van der Waals surface area contributed by atoms with E-state index in [9.17, 15) is 26.3 Å². The Kier molecular flexibility index (Phi) is 3.24. The van der Waals surface area contributed by atoms with Crippen molar-refractivity contribution in [2.24, 2.45) is 5.84 Å². The SMILES string of the molecule is NNc1cc(C(F)(F)F)nc2c(C(F)(F)F)cccc12. The number of nitrogens with zero attached hydrogens (tertiary/aromatic N) is 1. The lowest BCUT2D eigenvalue weighted by atomic mass is 10.1. The summed E-state index contributed by atoms with van der Waals surface area (Å²) < 4.78 is 76.4. The predicted molar refractivity (Wildman–Crippen MR) is 59.6 cm³/mol. The number of nitrogen functional groups attached to an aromatic ring is 1. The Bertz CT molecular complexity index is 647. The van der Waals surface area contributed by atoms with Crippen LogP contribution in [0.4, 0.5) is 32.0 Å². The van der Waals surface area contributed by atoms with E-state index in [0.29, 0.717) is 12.1 Å². The second kappa shape index (κ2) is 4.51. The zero-order chi connectivity index (χ0) is 15.1. The highest BCUT2D eigenvalue weighted by atomic mass is 19.4. The van der Waals surface area contributed by atoms with Crippen LogP contribution in [0, 0.1) is 0 Å². The molecule has 1 aromatic heterocycles. The van der Waals surface area contributed by atoms with Crippen LogP contribution < -0.4 is 11.3 Å². The minimum absolute atomic E-state index is 0.143. The Morgan fingerprint density at radius 2 is 1.65 bits per heavy atom. The van der Waals surface area contributed by atoms with Gasteiger partial charge in [-0.2, -0.15) is 26.3 Å². The minimum Gasteiger partial charge on any atom is -0.323 e. The molecule has 3 nitrogen and oxygen atoms in total. The van der Waals surface area contributed by atoms with E-state index >= 15 is 0 Å². The summed E-state index contributed by atoms with van der Waals surface area (Å²) in [4.78, 5) is 3.08. The van der Waals surface area contributed by atoms with Gasteiger partial charge in [-0.05, 0) is 12.1 Å². The first-order valence-corrected chi connectivity index (χ1v) is 5.19. The van der Waals surface area contributed by atoms with E-state index < -0.39 is 29.1 Å². The molecule has 0 saturated carbocycles. The molecule has 0 atom stereocenters. The number of hydrazine groups is 1. The van der Waals surface area contributed by atoms with Crippen LogP contribution in [-0.2, 0) is 12.4 Å². The first-order chi connectivity index (χ1) is 9.14. The maximum atomic E-state index is 12.8. The summed E-state index contributed by atoms with van der Waals surface area (Å²) in [6.07, 6.45) is -9.69. The maximum Gasteiger partial charge on any atom is 0.433 e. The van der Waals surface area contributed by atoms with E-state index in [1.165, 1.54) is 6.07 Å². The van der Waals surface area contributed by atoms with Crippen LogP contribution >= 0.6 is 0 Å². The molecule has 1 heterocycles. The number of alkyl halides is 6. The first kappa shape index (κ1) is 14.4. The molecule has 0 amide bonds. The molecule has 3 N–H and O–H groups in total. The van der Waals surface area contributed by atoms with Crippen LogP contribution in [0.1, 0.15) is 11.3 Å². The van der Waals surface area contributed by atoms with Gasteiger partial charge in [0.2, 0.25) is 0 Å². The molecule has 108 valence electrons. The highest BCUT2D eigenvalue weighted by molar-refractivity contribution is 5.93. The molecule has 2 rings (SSSR count). The van der Waals surface area contributed by atoms with Crippen molar-refractivity contribution in [1.29, 1.82) is 0 Å². The van der Waals surface area contributed by atoms with Crippen molar-refractivity contribution >= 4 is 16.6 Å². The van der Waals surface area contributed by atoms with Crippen LogP contribution in [0.2, 0.25) is 0 Å². The second-order valence-electron chi connectivity index (χ2n) is 3.90. The topological polar surface area (TPSA) is 50.9 Å². The first-order valence-electron chi connectivity index (χ1n) is 5.19. The molecule has 2 aromatic rings. The van der Waals surface area contributed by atoms with Gasteiger partial charge in [-0.25, -0.2) is 4.98 Å². The number of pyridine rings is 1. The number of hydrogen-bond donors (Lipinski definition) is 2. The number of aromatic nitrogens is 1. The normalized spacial score (nSPS) is 12.8. The van der Waals surface area contributed by atoms with Crippen molar-refractivity contribution in [3.63, 3.8) is 0 Å². The lowest BCUT2D eigenvalue weighted by Crippen LogP contribution is -2.15. The average molecular weight is 295 g/mol. The van der Waals surface area contributed by atoms with Crippen molar-refractivity contribution in [2.45, 2.75) is 12.4 Å². The molecule has 9 heteroatoms. The van der Waals surface area contributed by atoms with Gasteiger partial charge in [0.05, 0.1) is 16.8 Å². The number of nitrogens with two attached hydrogens (primary N) is 1. The minimum atomic E-state index is -4.88. The van der Waals surface area contributed by atoms with Crippen molar-refractivity contribution in [2.75, 3.05) is 5.43 Å². The molecule has 1 aromatic carbocycles. The molecule has 0 aliphatic carbocycles. The zero-order valence-corrected chi connectivity index (χ0v) is 9.60. The van der Waals surface area contributed by atoms with Gasteiger partial charge in [-0.3, -0.25) is 5.84 Å². The summed E-state index contributed by atoms with van der Waals surface area (Å²) in [6, 6.07) is 3.49. The number of nitrogens with one attached hydrogen (secondary N) is 1. The van der Waals surface area contributed by atoms with Gasteiger partial charge in [0.25, 0.3) is 0 Å². The van der Waals surface area contributed by atoms with Crippen LogP contribution in [0.15, 0.2) is 24.3 Å². The summed E-state index contributed by atoms with van der Waals surface area (Å²) in [5.41, 5.74) is -1.83. The summed E-state index contributed by atoms with van der Waals surface area (Å²) in [6.45, 7) is 0. The van der Waals surface area contributed by atoms with Crippen molar-refractivity contribution in [1.82, 2.24) is 4.98 Å². The Labute approximate surface area is 108 Å². The molecule has 0 spiro atoms. The van der Waals surface area contributed by atoms with Gasteiger partial charge in [0, 0.05) is 5.39 Å². The summed E-state index contributed by atoms with van der Waals surface area (Å²) in [7, 11) is 0. The van der Waals surface area contributed by atoms with Gasteiger partial charge in [0.1, 0.15) is 5.69 Å². The molecular formula is C11H7F6N3. The Morgan fingerprint density at radius 1 is 1.00 bits per heavy atom. The lowest BCUT2D eigenvalue weighted by molar-refractivity contribution is -0.142. The number of halogens is 6. The Morgan fingerprint density at radius 3 is 2.15 bits per heavy atom. The monoisotopic (exact) mass is 295 g/mol. The van der Waals surface area contributed by atoms with E-state index in [-0.39, 0.29) is 11.1 Å². The van der Waals surface area contributed by atoms with Gasteiger partial charge >= 0.3 is 12.4 Å². The highest BCUT2D eigenvalue weighted by Crippen LogP contribution is 2.38. The predicted octanol–water partition coefficient (Wildman–Crippen LogP) is 3.56. The summed E-state index contributed by atoms with van der Waals surface area (Å²) >= 11 is 0. The van der Waals surface area contributed by atoms with Crippen molar-refractivity contribution < 1.29 is 26.3 Å². The van der Waals surface area contributed by atoms with E-state index in [1.807, 2.05) is 5.43 Å². The number of benzene rings is 1. The zero-order valence-electron chi connectivity index (χ0n) is 9.60. The van der Waals surface area contributed by atoms with E-state index in [0.717, 1.165) is 6.07 Å². The smallest absolute Gasteiger partial charge is 0.323 e. The number of para-hydroxylation sites is 1. The fourth-order valence-corrected chi connectivity index (χ4v) is 1.74. The summed E-state index contributed by atoms with van der Waals surface area (Å²) in [5, 5.41) is -0.143. The van der Waals surface area contributed by atoms with E-state index in [4.69, 9.17) is 5.84 Å². The van der Waals surface area contributed by atoms with Crippen LogP contribution in [0.3, 0.4) is 0 Å². The molecule has 0 bridgehead atoms. The van der Waals surface area contributed by atoms with Crippen molar-refractivity contribution in [3.8, 4) is 0 Å². The van der Waals surface area contributed by atoms with Crippen LogP contribution in [0.5, 0.6) is 0 Å². The van der Waals surface area contributed by atoms with Crippen molar-refractivity contribution in [3.05, 3.63) is 35.5 Å². The van der Waals surface area contributed by atoms with Gasteiger partial charge in [0.15, 0.2) is 0 Å². The fourth-order valence-electron chi connectivity index (χ4n) is 1.74. The lowest BCUT2D eigenvalue weighted by Gasteiger charge is -2.15. The maximum absolute atomic E-state index is 12.8. The molecular weight excluding hydrogens is 288 g/mol. The standard InChI is InChI=1S/C11H7F6N3/c12-10(13,14)6-3-1-2-5-7(20-18)4-8(11(15,16)17)19-9(5)6/h1-4H,18H2,(H,19,20). The number of fused-ring (bicyclic) bond motifs is 1. The van der Waals surface area contributed by atoms with E-state index in [2.05, 4.69) is 4.98 Å². The molecule has 0 fully saturated rings. The van der Waals surface area contributed by atoms with Crippen LogP contribution in [-0.4, -0.2) is 4.98 Å². The fraction of sp³-hybridized carbons (Fsp3) is 0.182. The summed E-state index contributed by atoms with van der Waals surface area (Å²) in [5.74, 6) is 5.06. The van der Waals surface area contributed by atoms with Gasteiger partial charge in [-0.15, -0.1) is 0 Å². The molecule has 20 heavy (non-hydrogen) atoms. The Balaban J connectivity index is 2.87. The number of hydrogen-bond acceptors (Lipinski definition) is 3. The van der Waals surface area contributed by atoms with Gasteiger partial charge < -0.3 is 5.43 Å². The average Bonchev–Trinajstić information content (AvgIpc) is 2.34. The highest BCUT2D eigenvalue weighted by Gasteiger charge is 2.37. The third kappa shape index (κ3) is 2.48. The van der Waals surface area contributed by atoms with Crippen LogP contribution in [0.25, 0.3) is 10.9 Å². The third-order valence-corrected chi connectivity index (χ3v) is 2.59. The molecule has 0 radical (unpaired) electrons. The molecule has 0 unspecified atom stereocenters. The molecule has 0 aliphatic heterocycles. The largest absolute Gasteiger partial charge is 0.433 e. The molecule has 0 saturated heterocycles. The van der Waals surface area contributed by atoms with Gasteiger partial charge in [-0.1, -0.05) is 12.1 Å². The quantitative estimate of drug-likeness (QED) is 0.480. The third-order valence-electron chi connectivity index (χ3n) is 2.59. The second-order valence-corrected chi connectivity index (χ2v) is 3.90. The van der Waals surface area contributed by atoms with E-state index in [1.54, 1.807) is 0 Å².